The first-order valence-electron chi connectivity index (χ1n) is 8.10. The van der Waals surface area contributed by atoms with Crippen LogP contribution < -0.4 is 5.73 Å². The van der Waals surface area contributed by atoms with E-state index in [9.17, 15) is 9.18 Å². The van der Waals surface area contributed by atoms with Crippen molar-refractivity contribution in [2.24, 2.45) is 5.73 Å². The Hall–Kier alpha value is -1.68. The van der Waals surface area contributed by atoms with Gasteiger partial charge in [0.15, 0.2) is 0 Å². The Morgan fingerprint density at radius 1 is 1.18 bits per heavy atom. The molecule has 0 bridgehead atoms. The van der Waals surface area contributed by atoms with Crippen molar-refractivity contribution >= 4 is 16.7 Å². The lowest BCUT2D eigenvalue weighted by atomic mass is 10.0. The molecule has 1 aromatic carbocycles. The molecular formula is C18H31FN2O. The molecule has 0 spiro atoms. The fraction of sp³-hybridized carbons (Fsp3) is 0.500. The molecule has 3 nitrogen and oxygen atoms in total. The second-order valence-corrected chi connectivity index (χ2v) is 3.90. The molecule has 0 aliphatic carbocycles. The zero-order chi connectivity index (χ0) is 17.7. The smallest absolute Gasteiger partial charge is 0.147 e. The van der Waals surface area contributed by atoms with Gasteiger partial charge in [-0.15, -0.1) is 0 Å². The molecule has 2 aromatic rings. The van der Waals surface area contributed by atoms with E-state index in [4.69, 9.17) is 5.73 Å². The van der Waals surface area contributed by atoms with Gasteiger partial charge >= 0.3 is 0 Å². The van der Waals surface area contributed by atoms with Crippen LogP contribution in [-0.2, 0) is 11.2 Å². The minimum atomic E-state index is -0.526. The number of aromatic amines is 1. The average Bonchev–Trinajstić information content (AvgIpc) is 2.97. The summed E-state index contributed by atoms with van der Waals surface area (Å²) >= 11 is 0. The lowest BCUT2D eigenvalue weighted by Crippen LogP contribution is -2.30. The number of Topliss-reactive ketones (excluding diaryl/α,β-unsaturated/α-hetero) is 1. The number of nitrogens with one attached hydrogen (secondary N) is 1. The van der Waals surface area contributed by atoms with E-state index >= 15 is 0 Å². The number of carbonyl (C=O) groups is 1. The first-order valence-corrected chi connectivity index (χ1v) is 8.10. The van der Waals surface area contributed by atoms with Crippen LogP contribution in [0.1, 0.15) is 54.0 Å². The fourth-order valence-corrected chi connectivity index (χ4v) is 1.72. The van der Waals surface area contributed by atoms with E-state index in [-0.39, 0.29) is 11.6 Å². The third-order valence-corrected chi connectivity index (χ3v) is 2.71. The Morgan fingerprint density at radius 3 is 2.23 bits per heavy atom. The van der Waals surface area contributed by atoms with Crippen LogP contribution in [0, 0.1) is 5.82 Å². The number of ketones is 1. The summed E-state index contributed by atoms with van der Waals surface area (Å²) in [5, 5.41) is 0.789. The SMILES string of the molecule is CC.CC.CC.CC(=O)C(N)Cc1c[nH]c2c(F)cccc12. The first-order chi connectivity index (χ1) is 10.6. The van der Waals surface area contributed by atoms with Crippen molar-refractivity contribution < 1.29 is 9.18 Å². The van der Waals surface area contributed by atoms with Crippen molar-refractivity contribution in [3.05, 3.63) is 35.8 Å². The molecule has 126 valence electrons. The van der Waals surface area contributed by atoms with Gasteiger partial charge in [0.1, 0.15) is 11.6 Å². The highest BCUT2D eigenvalue weighted by Crippen LogP contribution is 2.21. The number of hydrogen-bond acceptors (Lipinski definition) is 2. The van der Waals surface area contributed by atoms with E-state index in [0.717, 1.165) is 10.9 Å². The second-order valence-electron chi connectivity index (χ2n) is 3.90. The summed E-state index contributed by atoms with van der Waals surface area (Å²) in [5.41, 5.74) is 7.02. The van der Waals surface area contributed by atoms with Crippen LogP contribution in [0.3, 0.4) is 0 Å². The Bertz CT molecular complexity index is 535. The molecule has 0 saturated heterocycles. The van der Waals surface area contributed by atoms with Gasteiger partial charge in [0.2, 0.25) is 0 Å². The summed E-state index contributed by atoms with van der Waals surface area (Å²) in [4.78, 5) is 13.9. The topological polar surface area (TPSA) is 58.9 Å². The highest BCUT2D eigenvalue weighted by Gasteiger charge is 2.13. The quantitative estimate of drug-likeness (QED) is 0.851. The summed E-state index contributed by atoms with van der Waals surface area (Å²) < 4.78 is 13.4. The number of nitrogens with two attached hydrogens (primary N) is 1. The van der Waals surface area contributed by atoms with Gasteiger partial charge in [-0.25, -0.2) is 4.39 Å². The van der Waals surface area contributed by atoms with Crippen molar-refractivity contribution in [3.63, 3.8) is 0 Å². The molecule has 22 heavy (non-hydrogen) atoms. The van der Waals surface area contributed by atoms with Crippen LogP contribution in [0.2, 0.25) is 0 Å². The summed E-state index contributed by atoms with van der Waals surface area (Å²) in [6, 6.07) is 4.33. The Kier molecular flexibility index (Phi) is 13.4. The second kappa shape index (κ2) is 13.0. The van der Waals surface area contributed by atoms with Crippen LogP contribution >= 0.6 is 0 Å². The molecule has 0 saturated carbocycles. The van der Waals surface area contributed by atoms with Gasteiger partial charge in [-0.1, -0.05) is 53.7 Å². The van der Waals surface area contributed by atoms with Crippen LogP contribution in [-0.4, -0.2) is 16.8 Å². The molecule has 1 aromatic heterocycles. The molecule has 0 aliphatic heterocycles. The van der Waals surface area contributed by atoms with E-state index in [1.54, 1.807) is 12.3 Å². The molecule has 4 heteroatoms. The van der Waals surface area contributed by atoms with E-state index in [2.05, 4.69) is 4.98 Å². The zero-order valence-corrected chi connectivity index (χ0v) is 15.0. The first kappa shape index (κ1) is 22.6. The van der Waals surface area contributed by atoms with Crippen LogP contribution in [0.25, 0.3) is 10.9 Å². The maximum absolute atomic E-state index is 13.4. The number of benzene rings is 1. The number of halogens is 1. The van der Waals surface area contributed by atoms with Gasteiger partial charge < -0.3 is 10.7 Å². The molecule has 0 fully saturated rings. The fourth-order valence-electron chi connectivity index (χ4n) is 1.72. The molecule has 2 rings (SSSR count). The van der Waals surface area contributed by atoms with E-state index < -0.39 is 6.04 Å². The third-order valence-electron chi connectivity index (χ3n) is 2.71. The van der Waals surface area contributed by atoms with Crippen molar-refractivity contribution in [3.8, 4) is 0 Å². The van der Waals surface area contributed by atoms with Gasteiger partial charge in [-0.3, -0.25) is 4.79 Å². The van der Waals surface area contributed by atoms with Crippen LogP contribution in [0.15, 0.2) is 24.4 Å². The monoisotopic (exact) mass is 310 g/mol. The lowest BCUT2D eigenvalue weighted by Gasteiger charge is -2.06. The van der Waals surface area contributed by atoms with Crippen LogP contribution in [0.5, 0.6) is 0 Å². The minimum absolute atomic E-state index is 0.0641. The van der Waals surface area contributed by atoms with Gasteiger partial charge in [0, 0.05) is 11.6 Å². The Balaban J connectivity index is 0. The zero-order valence-electron chi connectivity index (χ0n) is 15.0. The molecule has 1 atom stereocenters. The lowest BCUT2D eigenvalue weighted by molar-refractivity contribution is -0.118. The number of carbonyl (C=O) groups excluding carboxylic acids is 1. The molecule has 0 aliphatic rings. The highest BCUT2D eigenvalue weighted by molar-refractivity contribution is 5.86. The number of para-hydroxylation sites is 1. The Labute approximate surface area is 134 Å². The molecule has 0 radical (unpaired) electrons. The van der Waals surface area contributed by atoms with E-state index in [1.807, 2.05) is 47.6 Å². The summed E-state index contributed by atoms with van der Waals surface area (Å²) in [6.07, 6.45) is 2.13. The van der Waals surface area contributed by atoms with Crippen molar-refractivity contribution in [2.75, 3.05) is 0 Å². The molecule has 0 amide bonds. The summed E-state index contributed by atoms with van der Waals surface area (Å²) in [7, 11) is 0. The molecule has 3 N–H and O–H groups in total. The standard InChI is InChI=1S/C12H13FN2O.3C2H6/c1-7(16)11(14)5-8-6-15-12-9(8)3-2-4-10(12)13;3*1-2/h2-4,6,11,15H,5,14H2,1H3;3*1-2H3. The highest BCUT2D eigenvalue weighted by atomic mass is 19.1. The molecular weight excluding hydrogens is 279 g/mol. The van der Waals surface area contributed by atoms with Gasteiger partial charge in [-0.2, -0.15) is 0 Å². The minimum Gasteiger partial charge on any atom is -0.359 e. The number of H-pyrrole nitrogens is 1. The largest absolute Gasteiger partial charge is 0.359 e. The van der Waals surface area contributed by atoms with Crippen molar-refractivity contribution in [1.29, 1.82) is 0 Å². The van der Waals surface area contributed by atoms with Crippen molar-refractivity contribution in [2.45, 2.75) is 60.9 Å². The van der Waals surface area contributed by atoms with E-state index in [1.165, 1.54) is 13.0 Å². The molecule has 1 heterocycles. The summed E-state index contributed by atoms with van der Waals surface area (Å²) in [5.74, 6) is -0.356. The Morgan fingerprint density at radius 2 is 1.73 bits per heavy atom. The van der Waals surface area contributed by atoms with Crippen molar-refractivity contribution in [1.82, 2.24) is 4.98 Å². The van der Waals surface area contributed by atoms with Gasteiger partial charge in [0.05, 0.1) is 11.6 Å². The normalized spacial score (nSPS) is 10.2. The van der Waals surface area contributed by atoms with Gasteiger partial charge in [0.25, 0.3) is 0 Å². The summed E-state index contributed by atoms with van der Waals surface area (Å²) in [6.45, 7) is 13.5. The number of rotatable bonds is 3. The maximum Gasteiger partial charge on any atom is 0.147 e. The van der Waals surface area contributed by atoms with Gasteiger partial charge in [-0.05, 0) is 25.0 Å². The van der Waals surface area contributed by atoms with E-state index in [0.29, 0.717) is 11.9 Å². The molecule has 1 unspecified atom stereocenters. The number of fused-ring (bicyclic) bond motifs is 1. The predicted molar refractivity (Wildman–Crippen MR) is 94.7 cm³/mol. The maximum atomic E-state index is 13.4. The van der Waals surface area contributed by atoms with Crippen LogP contribution in [0.4, 0.5) is 4.39 Å². The number of aromatic nitrogens is 1. The number of hydrogen-bond donors (Lipinski definition) is 2. The predicted octanol–water partition coefficient (Wildman–Crippen LogP) is 4.84. The third kappa shape index (κ3) is 6.39. The average molecular weight is 310 g/mol.